The first-order chi connectivity index (χ1) is 13.1. The van der Waals surface area contributed by atoms with Crippen LogP contribution in [0.4, 0.5) is 11.4 Å². The highest BCUT2D eigenvalue weighted by Crippen LogP contribution is 2.34. The third-order valence-corrected chi connectivity index (χ3v) is 6.01. The largest absolute Gasteiger partial charge is 0.502 e. The molecule has 1 N–H and O–H groups in total. The zero-order valence-corrected chi connectivity index (χ0v) is 15.9. The van der Waals surface area contributed by atoms with Gasteiger partial charge in [-0.2, -0.15) is 0 Å². The van der Waals surface area contributed by atoms with Crippen LogP contribution in [0.3, 0.4) is 0 Å². The first-order valence-electron chi connectivity index (χ1n) is 9.03. The molecule has 1 aromatic carbocycles. The zero-order valence-electron chi connectivity index (χ0n) is 15.1. The van der Waals surface area contributed by atoms with Gasteiger partial charge in [0.25, 0.3) is 5.91 Å². The Hall–Kier alpha value is -2.64. The van der Waals surface area contributed by atoms with Crippen molar-refractivity contribution in [3.63, 3.8) is 0 Å². The topological polar surface area (TPSA) is 64.1 Å². The van der Waals surface area contributed by atoms with Crippen molar-refractivity contribution in [3.8, 4) is 0 Å². The number of aliphatic hydroxyl groups excluding tert-OH is 1. The summed E-state index contributed by atoms with van der Waals surface area (Å²) < 4.78 is 0. The zero-order chi connectivity index (χ0) is 19.0. The third kappa shape index (κ3) is 3.13. The summed E-state index contributed by atoms with van der Waals surface area (Å²) in [6, 6.07) is 10.9. The van der Waals surface area contributed by atoms with E-state index in [1.807, 2.05) is 17.5 Å². The summed E-state index contributed by atoms with van der Waals surface area (Å²) in [5, 5.41) is 12.0. The van der Waals surface area contributed by atoms with E-state index < -0.39 is 17.6 Å². The lowest BCUT2D eigenvalue weighted by Crippen LogP contribution is -2.46. The monoisotopic (exact) mass is 383 g/mol. The molecule has 140 valence electrons. The minimum absolute atomic E-state index is 0.0785. The summed E-state index contributed by atoms with van der Waals surface area (Å²) in [7, 11) is 0. The highest BCUT2D eigenvalue weighted by atomic mass is 32.1. The number of likely N-dealkylation sites (N-methyl/N-ethyl adjacent to an activating group) is 1. The molecule has 0 saturated carbocycles. The normalized spacial score (nSPS) is 18.7. The van der Waals surface area contributed by atoms with Crippen LogP contribution < -0.4 is 9.80 Å². The van der Waals surface area contributed by atoms with Crippen LogP contribution >= 0.6 is 11.3 Å². The van der Waals surface area contributed by atoms with Crippen molar-refractivity contribution in [2.45, 2.75) is 6.92 Å². The van der Waals surface area contributed by atoms with Gasteiger partial charge in [-0.15, -0.1) is 11.3 Å². The minimum Gasteiger partial charge on any atom is -0.502 e. The van der Waals surface area contributed by atoms with Crippen LogP contribution in [0.15, 0.2) is 47.5 Å². The van der Waals surface area contributed by atoms with Crippen molar-refractivity contribution in [1.82, 2.24) is 4.90 Å². The first kappa shape index (κ1) is 17.8. The maximum atomic E-state index is 12.8. The minimum atomic E-state index is -0.673. The number of anilines is 2. The van der Waals surface area contributed by atoms with Gasteiger partial charge in [0.15, 0.2) is 5.76 Å². The van der Waals surface area contributed by atoms with E-state index in [1.165, 1.54) is 11.3 Å². The van der Waals surface area contributed by atoms with Gasteiger partial charge >= 0.3 is 5.91 Å². The first-order valence-corrected chi connectivity index (χ1v) is 9.91. The van der Waals surface area contributed by atoms with Crippen molar-refractivity contribution < 1.29 is 14.7 Å². The van der Waals surface area contributed by atoms with Crippen LogP contribution in [0, 0.1) is 0 Å². The van der Waals surface area contributed by atoms with E-state index in [-0.39, 0.29) is 5.57 Å². The van der Waals surface area contributed by atoms with Gasteiger partial charge in [0.1, 0.15) is 5.57 Å². The second-order valence-corrected chi connectivity index (χ2v) is 7.53. The standard InChI is InChI=1S/C20H21N3O3S/c1-2-21-9-11-22(12-10-21)14-5-7-15(8-6-14)23-19(25)17(18(24)20(23)26)16-4-3-13-27-16/h3-8,13,24H,2,9-12H2,1H3. The fourth-order valence-electron chi connectivity index (χ4n) is 3.53. The van der Waals surface area contributed by atoms with E-state index in [0.717, 1.165) is 43.3 Å². The maximum Gasteiger partial charge on any atom is 0.301 e. The summed E-state index contributed by atoms with van der Waals surface area (Å²) in [6.45, 7) is 7.21. The van der Waals surface area contributed by atoms with Crippen LogP contribution in [0.1, 0.15) is 11.8 Å². The Balaban J connectivity index is 1.53. The van der Waals surface area contributed by atoms with E-state index in [2.05, 4.69) is 16.7 Å². The van der Waals surface area contributed by atoms with Crippen molar-refractivity contribution in [1.29, 1.82) is 0 Å². The van der Waals surface area contributed by atoms with Gasteiger partial charge in [0.05, 0.1) is 5.69 Å². The molecule has 2 amide bonds. The molecular weight excluding hydrogens is 362 g/mol. The molecule has 1 aromatic heterocycles. The molecule has 0 bridgehead atoms. The number of hydrogen-bond acceptors (Lipinski definition) is 6. The van der Waals surface area contributed by atoms with E-state index >= 15 is 0 Å². The fourth-order valence-corrected chi connectivity index (χ4v) is 4.29. The van der Waals surface area contributed by atoms with E-state index in [9.17, 15) is 14.7 Å². The molecule has 0 spiro atoms. The smallest absolute Gasteiger partial charge is 0.301 e. The molecule has 0 aliphatic carbocycles. The summed E-state index contributed by atoms with van der Waals surface area (Å²) in [5.74, 6) is -1.64. The summed E-state index contributed by atoms with van der Waals surface area (Å²) in [4.78, 5) is 31.6. The van der Waals surface area contributed by atoms with Crippen LogP contribution in [0.2, 0.25) is 0 Å². The Morgan fingerprint density at radius 2 is 1.63 bits per heavy atom. The SMILES string of the molecule is CCN1CCN(c2ccc(N3C(=O)C(O)=C(c4cccs4)C3=O)cc2)CC1. The van der Waals surface area contributed by atoms with Crippen LogP contribution in [0.25, 0.3) is 5.57 Å². The van der Waals surface area contributed by atoms with Gasteiger partial charge < -0.3 is 14.9 Å². The number of nitrogens with zero attached hydrogens (tertiary/aromatic N) is 3. The van der Waals surface area contributed by atoms with Gasteiger partial charge in [-0.3, -0.25) is 9.59 Å². The van der Waals surface area contributed by atoms with Crippen molar-refractivity contribution in [2.75, 3.05) is 42.5 Å². The lowest BCUT2D eigenvalue weighted by atomic mass is 10.2. The molecule has 2 aliphatic rings. The van der Waals surface area contributed by atoms with Crippen LogP contribution in [-0.4, -0.2) is 54.5 Å². The van der Waals surface area contributed by atoms with Gasteiger partial charge in [0, 0.05) is 36.7 Å². The fraction of sp³-hybridized carbons (Fsp3) is 0.300. The Morgan fingerprint density at radius 3 is 2.22 bits per heavy atom. The molecule has 0 unspecified atom stereocenters. The number of piperazine rings is 1. The van der Waals surface area contributed by atoms with E-state index in [0.29, 0.717) is 10.6 Å². The summed E-state index contributed by atoms with van der Waals surface area (Å²) in [5.41, 5.74) is 1.62. The predicted octanol–water partition coefficient (Wildman–Crippen LogP) is 2.73. The molecule has 0 radical (unpaired) electrons. The molecule has 2 aliphatic heterocycles. The molecule has 0 atom stereocenters. The number of rotatable bonds is 4. The molecule has 2 aromatic rings. The Kier molecular flexibility index (Phi) is 4.72. The van der Waals surface area contributed by atoms with Gasteiger partial charge in [0.2, 0.25) is 0 Å². The molecule has 1 saturated heterocycles. The molecule has 4 rings (SSSR count). The summed E-state index contributed by atoms with van der Waals surface area (Å²) in [6.07, 6.45) is 0. The second-order valence-electron chi connectivity index (χ2n) is 6.58. The number of benzene rings is 1. The lowest BCUT2D eigenvalue weighted by Gasteiger charge is -2.35. The highest BCUT2D eigenvalue weighted by Gasteiger charge is 2.40. The number of amides is 2. The van der Waals surface area contributed by atoms with E-state index in [1.54, 1.807) is 24.3 Å². The quantitative estimate of drug-likeness (QED) is 0.823. The summed E-state index contributed by atoms with van der Waals surface area (Å²) >= 11 is 1.32. The number of carbonyl (C=O) groups is 2. The number of aliphatic hydroxyl groups is 1. The average Bonchev–Trinajstić information content (AvgIpc) is 3.29. The van der Waals surface area contributed by atoms with Gasteiger partial charge in [-0.1, -0.05) is 13.0 Å². The average molecular weight is 383 g/mol. The van der Waals surface area contributed by atoms with Crippen LogP contribution in [-0.2, 0) is 9.59 Å². The van der Waals surface area contributed by atoms with Crippen molar-refractivity contribution in [3.05, 3.63) is 52.4 Å². The number of imide groups is 1. The Morgan fingerprint density at radius 1 is 0.963 bits per heavy atom. The van der Waals surface area contributed by atoms with Gasteiger partial charge in [-0.05, 0) is 42.3 Å². The Bertz CT molecular complexity index is 882. The molecule has 3 heterocycles. The molecular formula is C20H21N3O3S. The van der Waals surface area contributed by atoms with Crippen LogP contribution in [0.5, 0.6) is 0 Å². The second kappa shape index (κ2) is 7.17. The van der Waals surface area contributed by atoms with Crippen molar-refractivity contribution in [2.24, 2.45) is 0 Å². The molecule has 6 nitrogen and oxygen atoms in total. The Labute approximate surface area is 161 Å². The number of carbonyl (C=O) groups excluding carboxylic acids is 2. The highest BCUT2D eigenvalue weighted by molar-refractivity contribution is 7.11. The molecule has 1 fully saturated rings. The van der Waals surface area contributed by atoms with Crippen molar-refractivity contribution >= 4 is 40.1 Å². The molecule has 27 heavy (non-hydrogen) atoms. The third-order valence-electron chi connectivity index (χ3n) is 5.12. The predicted molar refractivity (Wildman–Crippen MR) is 107 cm³/mol. The maximum absolute atomic E-state index is 12.8. The number of hydrogen-bond donors (Lipinski definition) is 1. The van der Waals surface area contributed by atoms with E-state index in [4.69, 9.17) is 0 Å². The lowest BCUT2D eigenvalue weighted by molar-refractivity contribution is -0.121. The van der Waals surface area contributed by atoms with Gasteiger partial charge in [-0.25, -0.2) is 4.90 Å². The number of thiophene rings is 1. The molecule has 7 heteroatoms.